The van der Waals surface area contributed by atoms with Crippen molar-refractivity contribution in [3.63, 3.8) is 0 Å². The lowest BCUT2D eigenvalue weighted by Crippen LogP contribution is -2.74. The first kappa shape index (κ1) is 24.9. The van der Waals surface area contributed by atoms with Gasteiger partial charge in [0, 0.05) is 6.54 Å². The molecule has 0 radical (unpaired) electrons. The van der Waals surface area contributed by atoms with Crippen molar-refractivity contribution in [3.05, 3.63) is 0 Å². The van der Waals surface area contributed by atoms with Crippen LogP contribution in [0.2, 0.25) is 0 Å². The number of rotatable bonds is 8. The van der Waals surface area contributed by atoms with Crippen LogP contribution in [0.4, 0.5) is 65.9 Å². The Balaban J connectivity index is 6.33. The molecule has 1 nitrogen and oxygen atoms in total. The highest BCUT2D eigenvalue weighted by molar-refractivity contribution is 5.12. The molecule has 0 aliphatic carbocycles. The zero-order chi connectivity index (χ0) is 21.6. The van der Waals surface area contributed by atoms with Crippen LogP contribution in [0.5, 0.6) is 0 Å². The molecule has 0 aromatic carbocycles. The Morgan fingerprint density at radius 1 is 0.500 bits per heavy atom. The smallest absolute Gasteiger partial charge is 0.253 e. The Kier molecular flexibility index (Phi) is 6.24. The molecule has 158 valence electrons. The first-order valence-corrected chi connectivity index (χ1v) is 6.15. The minimum absolute atomic E-state index is 0.296. The van der Waals surface area contributed by atoms with E-state index in [0.717, 1.165) is 6.92 Å². The second-order valence-corrected chi connectivity index (χ2v) is 4.87. The standard InChI is InChI=1S/C10H8F15N/c1-2-3-26-10(24,25)8(19,20)6(15,16)4(11,12)5(13,14)7(17,18)9(21,22)23/h26H,2-3H2,1H3. The van der Waals surface area contributed by atoms with Crippen LogP contribution in [-0.4, -0.2) is 48.4 Å². The molecular formula is C10H8F15N. The van der Waals surface area contributed by atoms with Gasteiger partial charge < -0.3 is 0 Å². The minimum Gasteiger partial charge on any atom is -0.253 e. The van der Waals surface area contributed by atoms with Gasteiger partial charge in [-0.25, -0.2) is 0 Å². The number of alkyl halides is 15. The van der Waals surface area contributed by atoms with Crippen molar-refractivity contribution in [2.45, 2.75) is 55.2 Å². The molecule has 0 heterocycles. The molecule has 0 rings (SSSR count). The Morgan fingerprint density at radius 3 is 1.12 bits per heavy atom. The predicted molar refractivity (Wildman–Crippen MR) is 54.0 cm³/mol. The van der Waals surface area contributed by atoms with Crippen LogP contribution in [0, 0.1) is 0 Å². The van der Waals surface area contributed by atoms with Gasteiger partial charge in [0.1, 0.15) is 0 Å². The minimum atomic E-state index is -8.24. The molecule has 0 aliphatic rings. The molecule has 0 aliphatic heterocycles. The maximum Gasteiger partial charge on any atom is 0.460 e. The van der Waals surface area contributed by atoms with Gasteiger partial charge in [-0.3, -0.25) is 5.32 Å². The van der Waals surface area contributed by atoms with Crippen LogP contribution in [0.3, 0.4) is 0 Å². The number of halogens is 15. The van der Waals surface area contributed by atoms with E-state index in [4.69, 9.17) is 0 Å². The fourth-order valence-electron chi connectivity index (χ4n) is 1.36. The molecule has 0 amide bonds. The van der Waals surface area contributed by atoms with Gasteiger partial charge in [-0.2, -0.15) is 65.9 Å². The van der Waals surface area contributed by atoms with Crippen molar-refractivity contribution in [1.82, 2.24) is 5.32 Å². The summed E-state index contributed by atoms with van der Waals surface area (Å²) < 4.78 is 191. The normalized spacial score (nSPS) is 16.2. The predicted octanol–water partition coefficient (Wildman–Crippen LogP) is 5.32. The van der Waals surface area contributed by atoms with Gasteiger partial charge in [0.25, 0.3) is 0 Å². The van der Waals surface area contributed by atoms with E-state index in [2.05, 4.69) is 0 Å². The average Bonchev–Trinajstić information content (AvgIpc) is 2.42. The molecule has 16 heteroatoms. The highest BCUT2D eigenvalue weighted by Gasteiger charge is 2.93. The Morgan fingerprint density at radius 2 is 0.808 bits per heavy atom. The van der Waals surface area contributed by atoms with Gasteiger partial charge in [-0.05, 0) is 6.42 Å². The third-order valence-electron chi connectivity index (χ3n) is 2.92. The molecule has 0 aromatic rings. The molecule has 26 heavy (non-hydrogen) atoms. The highest BCUT2D eigenvalue weighted by atomic mass is 19.4. The average molecular weight is 427 g/mol. The quantitative estimate of drug-likeness (QED) is 0.409. The van der Waals surface area contributed by atoms with Gasteiger partial charge in [0.15, 0.2) is 0 Å². The topological polar surface area (TPSA) is 12.0 Å². The second kappa shape index (κ2) is 6.51. The van der Waals surface area contributed by atoms with Crippen LogP contribution in [0.1, 0.15) is 13.3 Å². The SMILES string of the molecule is CCCNC(F)(F)C(F)(F)C(F)(F)C(F)(F)C(F)(F)C(F)(F)C(F)(F)F. The van der Waals surface area contributed by atoms with E-state index in [-0.39, 0.29) is 0 Å². The van der Waals surface area contributed by atoms with Crippen LogP contribution in [0.15, 0.2) is 0 Å². The van der Waals surface area contributed by atoms with Crippen molar-refractivity contribution in [1.29, 1.82) is 0 Å². The van der Waals surface area contributed by atoms with Crippen LogP contribution in [-0.2, 0) is 0 Å². The van der Waals surface area contributed by atoms with Gasteiger partial charge in [0.2, 0.25) is 0 Å². The summed E-state index contributed by atoms with van der Waals surface area (Å²) in [4.78, 5) is 0. The van der Waals surface area contributed by atoms with Gasteiger partial charge >= 0.3 is 41.8 Å². The summed E-state index contributed by atoms with van der Waals surface area (Å²) in [6, 6.07) is -6.36. The largest absolute Gasteiger partial charge is 0.460 e. The summed E-state index contributed by atoms with van der Waals surface area (Å²) in [5.41, 5.74) is 0. The lowest BCUT2D eigenvalue weighted by molar-refractivity contribution is -0.454. The summed E-state index contributed by atoms with van der Waals surface area (Å²) in [5.74, 6) is -39.9. The summed E-state index contributed by atoms with van der Waals surface area (Å²) in [7, 11) is 0. The maximum atomic E-state index is 13.1. The monoisotopic (exact) mass is 427 g/mol. The molecule has 0 saturated carbocycles. The van der Waals surface area contributed by atoms with E-state index in [9.17, 15) is 65.9 Å². The second-order valence-electron chi connectivity index (χ2n) is 4.87. The third kappa shape index (κ3) is 3.28. The molecule has 0 bridgehead atoms. The zero-order valence-electron chi connectivity index (χ0n) is 12.1. The molecule has 0 saturated heterocycles. The molecular weight excluding hydrogens is 419 g/mol. The molecule has 0 atom stereocenters. The van der Waals surface area contributed by atoms with Gasteiger partial charge in [-0.1, -0.05) is 6.92 Å². The van der Waals surface area contributed by atoms with E-state index in [1.807, 2.05) is 0 Å². The fourth-order valence-corrected chi connectivity index (χ4v) is 1.36. The zero-order valence-corrected chi connectivity index (χ0v) is 12.1. The van der Waals surface area contributed by atoms with Crippen LogP contribution < -0.4 is 5.32 Å². The summed E-state index contributed by atoms with van der Waals surface area (Å²) in [5, 5.41) is 0.296. The third-order valence-corrected chi connectivity index (χ3v) is 2.92. The van der Waals surface area contributed by atoms with Crippen molar-refractivity contribution in [2.24, 2.45) is 0 Å². The van der Waals surface area contributed by atoms with Crippen LogP contribution in [0.25, 0.3) is 0 Å². The maximum absolute atomic E-state index is 13.1. The van der Waals surface area contributed by atoms with Crippen molar-refractivity contribution in [2.75, 3.05) is 6.54 Å². The molecule has 0 unspecified atom stereocenters. The first-order chi connectivity index (χ1) is 11.1. The lowest BCUT2D eigenvalue weighted by atomic mass is 9.93. The summed E-state index contributed by atoms with van der Waals surface area (Å²) in [6.07, 6.45) is -8.08. The summed E-state index contributed by atoms with van der Waals surface area (Å²) >= 11 is 0. The van der Waals surface area contributed by atoms with Crippen molar-refractivity contribution < 1.29 is 65.9 Å². The Hall–Kier alpha value is -1.09. The van der Waals surface area contributed by atoms with E-state index in [1.54, 1.807) is 0 Å². The number of nitrogens with one attached hydrogen (secondary N) is 1. The summed E-state index contributed by atoms with van der Waals surface area (Å²) in [6.45, 7) is -0.259. The lowest BCUT2D eigenvalue weighted by Gasteiger charge is -2.41. The van der Waals surface area contributed by atoms with Crippen molar-refractivity contribution in [3.8, 4) is 0 Å². The van der Waals surface area contributed by atoms with E-state index >= 15 is 0 Å². The number of hydrogen-bond acceptors (Lipinski definition) is 1. The van der Waals surface area contributed by atoms with Crippen molar-refractivity contribution >= 4 is 0 Å². The Bertz CT molecular complexity index is 491. The fraction of sp³-hybridized carbons (Fsp3) is 1.00. The molecule has 0 aromatic heterocycles. The van der Waals surface area contributed by atoms with Gasteiger partial charge in [-0.15, -0.1) is 0 Å². The van der Waals surface area contributed by atoms with E-state index < -0.39 is 54.8 Å². The molecule has 0 fully saturated rings. The van der Waals surface area contributed by atoms with Crippen LogP contribution >= 0.6 is 0 Å². The van der Waals surface area contributed by atoms with Gasteiger partial charge in [0.05, 0.1) is 0 Å². The highest BCUT2D eigenvalue weighted by Crippen LogP contribution is 2.61. The van der Waals surface area contributed by atoms with E-state index in [1.165, 1.54) is 0 Å². The molecule has 1 N–H and O–H groups in total. The first-order valence-electron chi connectivity index (χ1n) is 6.15. The molecule has 0 spiro atoms. The Labute approximate surface area is 134 Å². The number of hydrogen-bond donors (Lipinski definition) is 1. The van der Waals surface area contributed by atoms with E-state index in [0.29, 0.717) is 5.32 Å².